The van der Waals surface area contributed by atoms with E-state index in [1.54, 1.807) is 43.3 Å². The zero-order valence-electron chi connectivity index (χ0n) is 17.5. The molecular formula is C22H26N2O7. The Bertz CT molecular complexity index is 868. The molecule has 0 unspecified atom stereocenters. The summed E-state index contributed by atoms with van der Waals surface area (Å²) < 4.78 is 20.9. The van der Waals surface area contributed by atoms with Gasteiger partial charge in [-0.05, 0) is 56.3 Å². The summed E-state index contributed by atoms with van der Waals surface area (Å²) in [5.41, 5.74) is 5.30. The van der Waals surface area contributed by atoms with Gasteiger partial charge in [-0.1, -0.05) is 6.07 Å². The lowest BCUT2D eigenvalue weighted by Gasteiger charge is -2.10. The standard InChI is InChI=1S/C22H26N2O7/c1-3-28-12-13-30-19-7-5-6-17(14-19)21(26)24-23-20(25)15-31-18-10-8-16(9-11-18)22(27)29-4-2/h5-11,14H,3-4,12-13,15H2,1-2H3,(H,23,25)(H,24,26). The second kappa shape index (κ2) is 12.9. The first-order chi connectivity index (χ1) is 15.0. The summed E-state index contributed by atoms with van der Waals surface area (Å²) in [6, 6.07) is 12.7. The van der Waals surface area contributed by atoms with Crippen molar-refractivity contribution in [3.8, 4) is 11.5 Å². The molecule has 0 fully saturated rings. The number of ether oxygens (including phenoxy) is 4. The minimum Gasteiger partial charge on any atom is -0.491 e. The van der Waals surface area contributed by atoms with Gasteiger partial charge < -0.3 is 18.9 Å². The maximum Gasteiger partial charge on any atom is 0.338 e. The molecule has 0 aliphatic carbocycles. The molecule has 2 aromatic rings. The van der Waals surface area contributed by atoms with Crippen LogP contribution in [0.3, 0.4) is 0 Å². The number of amides is 2. The molecular weight excluding hydrogens is 404 g/mol. The highest BCUT2D eigenvalue weighted by atomic mass is 16.5. The van der Waals surface area contributed by atoms with E-state index in [2.05, 4.69) is 10.9 Å². The first-order valence-electron chi connectivity index (χ1n) is 9.83. The summed E-state index contributed by atoms with van der Waals surface area (Å²) in [6.45, 7) is 5.01. The zero-order valence-corrected chi connectivity index (χ0v) is 17.5. The average molecular weight is 430 g/mol. The van der Waals surface area contributed by atoms with E-state index in [0.717, 1.165) is 0 Å². The molecule has 0 aliphatic rings. The maximum absolute atomic E-state index is 12.2. The highest BCUT2D eigenvalue weighted by Gasteiger charge is 2.10. The predicted molar refractivity (Wildman–Crippen MR) is 112 cm³/mol. The molecule has 2 rings (SSSR count). The number of rotatable bonds is 11. The number of nitrogens with one attached hydrogen (secondary N) is 2. The van der Waals surface area contributed by atoms with Gasteiger partial charge in [0.05, 0.1) is 18.8 Å². The molecule has 166 valence electrons. The van der Waals surface area contributed by atoms with Crippen molar-refractivity contribution in [2.24, 2.45) is 0 Å². The average Bonchev–Trinajstić information content (AvgIpc) is 2.79. The summed E-state index contributed by atoms with van der Waals surface area (Å²) in [6.07, 6.45) is 0. The fourth-order valence-corrected chi connectivity index (χ4v) is 2.38. The van der Waals surface area contributed by atoms with E-state index in [1.165, 1.54) is 12.1 Å². The third-order valence-corrected chi connectivity index (χ3v) is 3.85. The van der Waals surface area contributed by atoms with Crippen LogP contribution in [0.25, 0.3) is 0 Å². The third kappa shape index (κ3) is 8.35. The minimum atomic E-state index is -0.549. The number of benzene rings is 2. The van der Waals surface area contributed by atoms with Crippen LogP contribution in [0.1, 0.15) is 34.6 Å². The Labute approximate surface area is 180 Å². The van der Waals surface area contributed by atoms with Crippen molar-refractivity contribution < 1.29 is 33.3 Å². The van der Waals surface area contributed by atoms with E-state index in [0.29, 0.717) is 42.4 Å². The maximum atomic E-state index is 12.2. The SMILES string of the molecule is CCOCCOc1cccc(C(=O)NNC(=O)COc2ccc(C(=O)OCC)cc2)c1. The molecule has 2 N–H and O–H groups in total. The molecule has 0 aliphatic heterocycles. The van der Waals surface area contributed by atoms with Gasteiger partial charge in [0, 0.05) is 12.2 Å². The third-order valence-electron chi connectivity index (χ3n) is 3.85. The Kier molecular flexibility index (Phi) is 9.83. The lowest BCUT2D eigenvalue weighted by atomic mass is 10.2. The van der Waals surface area contributed by atoms with Crippen LogP contribution in [0.4, 0.5) is 0 Å². The number of hydrogen-bond acceptors (Lipinski definition) is 7. The van der Waals surface area contributed by atoms with Crippen LogP contribution in [0.2, 0.25) is 0 Å². The fourth-order valence-electron chi connectivity index (χ4n) is 2.38. The van der Waals surface area contributed by atoms with Crippen LogP contribution in [0.5, 0.6) is 11.5 Å². The molecule has 0 atom stereocenters. The number of hydrazine groups is 1. The van der Waals surface area contributed by atoms with Crippen molar-refractivity contribution in [1.29, 1.82) is 0 Å². The van der Waals surface area contributed by atoms with Gasteiger partial charge in [-0.3, -0.25) is 20.4 Å². The van der Waals surface area contributed by atoms with E-state index in [1.807, 2.05) is 6.92 Å². The summed E-state index contributed by atoms with van der Waals surface area (Å²) in [5, 5.41) is 0. The number of carbonyl (C=O) groups is 3. The number of hydrogen-bond donors (Lipinski definition) is 2. The Morgan fingerprint density at radius 2 is 1.58 bits per heavy atom. The molecule has 9 heteroatoms. The van der Waals surface area contributed by atoms with Crippen LogP contribution < -0.4 is 20.3 Å². The van der Waals surface area contributed by atoms with Crippen LogP contribution in [-0.2, 0) is 14.3 Å². The van der Waals surface area contributed by atoms with Gasteiger partial charge >= 0.3 is 5.97 Å². The molecule has 0 aromatic heterocycles. The van der Waals surface area contributed by atoms with Crippen molar-refractivity contribution >= 4 is 17.8 Å². The van der Waals surface area contributed by atoms with Crippen LogP contribution >= 0.6 is 0 Å². The van der Waals surface area contributed by atoms with E-state index >= 15 is 0 Å². The monoisotopic (exact) mass is 430 g/mol. The van der Waals surface area contributed by atoms with Crippen molar-refractivity contribution in [3.63, 3.8) is 0 Å². The largest absolute Gasteiger partial charge is 0.491 e. The Morgan fingerprint density at radius 3 is 2.29 bits per heavy atom. The van der Waals surface area contributed by atoms with Gasteiger partial charge in [-0.25, -0.2) is 4.79 Å². The van der Waals surface area contributed by atoms with Crippen LogP contribution in [0.15, 0.2) is 48.5 Å². The van der Waals surface area contributed by atoms with Crippen molar-refractivity contribution in [2.45, 2.75) is 13.8 Å². The smallest absolute Gasteiger partial charge is 0.338 e. The quantitative estimate of drug-likeness (QED) is 0.319. The summed E-state index contributed by atoms with van der Waals surface area (Å²) in [5.74, 6) is -0.563. The molecule has 0 radical (unpaired) electrons. The summed E-state index contributed by atoms with van der Waals surface area (Å²) >= 11 is 0. The number of esters is 1. The Morgan fingerprint density at radius 1 is 0.806 bits per heavy atom. The summed E-state index contributed by atoms with van der Waals surface area (Å²) in [7, 11) is 0. The first kappa shape index (κ1) is 23.7. The van der Waals surface area contributed by atoms with Crippen LogP contribution in [-0.4, -0.2) is 50.8 Å². The van der Waals surface area contributed by atoms with E-state index in [9.17, 15) is 14.4 Å². The van der Waals surface area contributed by atoms with Gasteiger partial charge in [0.1, 0.15) is 18.1 Å². The number of carbonyl (C=O) groups excluding carboxylic acids is 3. The molecule has 0 bridgehead atoms. The van der Waals surface area contributed by atoms with Gasteiger partial charge in [0.2, 0.25) is 0 Å². The molecule has 0 heterocycles. The van der Waals surface area contributed by atoms with Gasteiger partial charge in [0.25, 0.3) is 11.8 Å². The molecule has 0 spiro atoms. The predicted octanol–water partition coefficient (Wildman–Crippen LogP) is 2.12. The van der Waals surface area contributed by atoms with Crippen molar-refractivity contribution in [2.75, 3.05) is 33.0 Å². The van der Waals surface area contributed by atoms with Gasteiger partial charge in [-0.15, -0.1) is 0 Å². The fraction of sp³-hybridized carbons (Fsp3) is 0.318. The van der Waals surface area contributed by atoms with E-state index in [-0.39, 0.29) is 13.2 Å². The summed E-state index contributed by atoms with van der Waals surface area (Å²) in [4.78, 5) is 35.7. The molecule has 0 saturated heterocycles. The lowest BCUT2D eigenvalue weighted by Crippen LogP contribution is -2.43. The van der Waals surface area contributed by atoms with Crippen molar-refractivity contribution in [3.05, 3.63) is 59.7 Å². The van der Waals surface area contributed by atoms with Gasteiger partial charge in [0.15, 0.2) is 6.61 Å². The van der Waals surface area contributed by atoms with Gasteiger partial charge in [-0.2, -0.15) is 0 Å². The minimum absolute atomic E-state index is 0.286. The Balaban J connectivity index is 1.75. The zero-order chi connectivity index (χ0) is 22.5. The molecule has 2 aromatic carbocycles. The van der Waals surface area contributed by atoms with E-state index in [4.69, 9.17) is 18.9 Å². The second-order valence-corrected chi connectivity index (χ2v) is 6.11. The molecule has 0 saturated carbocycles. The topological polar surface area (TPSA) is 112 Å². The first-order valence-corrected chi connectivity index (χ1v) is 9.83. The van der Waals surface area contributed by atoms with Crippen LogP contribution in [0, 0.1) is 0 Å². The normalized spacial score (nSPS) is 10.1. The highest BCUT2D eigenvalue weighted by molar-refractivity contribution is 5.95. The molecule has 2 amide bonds. The highest BCUT2D eigenvalue weighted by Crippen LogP contribution is 2.14. The lowest BCUT2D eigenvalue weighted by molar-refractivity contribution is -0.123. The van der Waals surface area contributed by atoms with Crippen molar-refractivity contribution in [1.82, 2.24) is 10.9 Å². The molecule has 31 heavy (non-hydrogen) atoms. The second-order valence-electron chi connectivity index (χ2n) is 6.11. The molecule has 9 nitrogen and oxygen atoms in total. The van der Waals surface area contributed by atoms with E-state index < -0.39 is 17.8 Å². The Hall–Kier alpha value is -3.59.